The molecular formula is C15H22F3N3. The van der Waals surface area contributed by atoms with E-state index in [1.54, 1.807) is 0 Å². The van der Waals surface area contributed by atoms with Gasteiger partial charge in [-0.2, -0.15) is 13.2 Å². The Morgan fingerprint density at radius 1 is 1.19 bits per heavy atom. The Kier molecular flexibility index (Phi) is 4.64. The first-order valence-corrected chi connectivity index (χ1v) is 7.39. The SMILES string of the molecule is CCCNc1cc(C(F)(F)F)cc(NCC2(C)CCC2)n1. The summed E-state index contributed by atoms with van der Waals surface area (Å²) in [5.41, 5.74) is -0.482. The third-order valence-corrected chi connectivity index (χ3v) is 3.97. The van der Waals surface area contributed by atoms with Crippen LogP contribution in [-0.2, 0) is 6.18 Å². The third kappa shape index (κ3) is 4.25. The minimum Gasteiger partial charge on any atom is -0.370 e. The van der Waals surface area contributed by atoms with Gasteiger partial charge in [0.15, 0.2) is 0 Å². The van der Waals surface area contributed by atoms with E-state index in [4.69, 9.17) is 0 Å². The standard InChI is InChI=1S/C15H22F3N3/c1-3-7-19-12-8-11(15(16,17)18)9-13(21-12)20-10-14(2)5-4-6-14/h8-9H,3-7,10H2,1-2H3,(H2,19,20,21). The van der Waals surface area contributed by atoms with E-state index in [0.29, 0.717) is 13.1 Å². The van der Waals surface area contributed by atoms with Gasteiger partial charge in [0.1, 0.15) is 11.6 Å². The Labute approximate surface area is 123 Å². The molecule has 6 heteroatoms. The molecule has 1 fully saturated rings. The second-order valence-electron chi connectivity index (χ2n) is 6.07. The maximum atomic E-state index is 12.9. The smallest absolute Gasteiger partial charge is 0.370 e. The minimum absolute atomic E-state index is 0.187. The van der Waals surface area contributed by atoms with Crippen LogP contribution in [0.3, 0.4) is 0 Å². The number of hydrogen-bond donors (Lipinski definition) is 2. The molecule has 0 unspecified atom stereocenters. The average Bonchev–Trinajstić information content (AvgIpc) is 2.39. The molecule has 1 heterocycles. The first-order chi connectivity index (χ1) is 9.82. The molecule has 1 aliphatic carbocycles. The summed E-state index contributed by atoms with van der Waals surface area (Å²) in [5.74, 6) is 0.560. The Morgan fingerprint density at radius 2 is 1.81 bits per heavy atom. The largest absolute Gasteiger partial charge is 0.416 e. The van der Waals surface area contributed by atoms with E-state index in [9.17, 15) is 13.2 Å². The van der Waals surface area contributed by atoms with Crippen LogP contribution in [0.15, 0.2) is 12.1 Å². The highest BCUT2D eigenvalue weighted by atomic mass is 19.4. The maximum Gasteiger partial charge on any atom is 0.416 e. The van der Waals surface area contributed by atoms with Gasteiger partial charge in [0.2, 0.25) is 0 Å². The highest BCUT2D eigenvalue weighted by molar-refractivity contribution is 5.50. The molecule has 1 aliphatic rings. The molecule has 118 valence electrons. The van der Waals surface area contributed by atoms with E-state index in [0.717, 1.165) is 31.4 Å². The highest BCUT2D eigenvalue weighted by Crippen LogP contribution is 2.40. The quantitative estimate of drug-likeness (QED) is 0.811. The Hall–Kier alpha value is -1.46. The van der Waals surface area contributed by atoms with Gasteiger partial charge in [0.25, 0.3) is 0 Å². The van der Waals surface area contributed by atoms with Crippen LogP contribution in [0.4, 0.5) is 24.8 Å². The van der Waals surface area contributed by atoms with E-state index in [-0.39, 0.29) is 17.1 Å². The summed E-state index contributed by atoms with van der Waals surface area (Å²) < 4.78 is 38.8. The monoisotopic (exact) mass is 301 g/mol. The van der Waals surface area contributed by atoms with Crippen molar-refractivity contribution in [2.24, 2.45) is 5.41 Å². The lowest BCUT2D eigenvalue weighted by Crippen LogP contribution is -2.33. The van der Waals surface area contributed by atoms with Gasteiger partial charge < -0.3 is 10.6 Å². The second-order valence-corrected chi connectivity index (χ2v) is 6.07. The van der Waals surface area contributed by atoms with Gasteiger partial charge in [0.05, 0.1) is 5.56 Å². The molecule has 0 radical (unpaired) electrons. The zero-order valence-corrected chi connectivity index (χ0v) is 12.5. The zero-order valence-electron chi connectivity index (χ0n) is 12.5. The summed E-state index contributed by atoms with van der Waals surface area (Å²) in [7, 11) is 0. The van der Waals surface area contributed by atoms with Crippen LogP contribution in [0.2, 0.25) is 0 Å². The summed E-state index contributed by atoms with van der Waals surface area (Å²) >= 11 is 0. The van der Waals surface area contributed by atoms with Crippen molar-refractivity contribution in [2.45, 2.75) is 45.7 Å². The molecule has 1 aromatic heterocycles. The van der Waals surface area contributed by atoms with Crippen molar-refractivity contribution in [1.29, 1.82) is 0 Å². The van der Waals surface area contributed by atoms with Crippen LogP contribution in [0.1, 0.15) is 45.1 Å². The number of pyridine rings is 1. The number of alkyl halides is 3. The summed E-state index contributed by atoms with van der Waals surface area (Å²) in [4.78, 5) is 4.22. The molecular weight excluding hydrogens is 279 g/mol. The topological polar surface area (TPSA) is 37.0 Å². The van der Waals surface area contributed by atoms with Crippen molar-refractivity contribution >= 4 is 11.6 Å². The number of halogens is 3. The number of aromatic nitrogens is 1. The predicted molar refractivity (Wildman–Crippen MR) is 78.5 cm³/mol. The fraction of sp³-hybridized carbons (Fsp3) is 0.667. The molecule has 0 aliphatic heterocycles. The van der Waals surface area contributed by atoms with E-state index < -0.39 is 11.7 Å². The van der Waals surface area contributed by atoms with Gasteiger partial charge in [0, 0.05) is 13.1 Å². The molecule has 21 heavy (non-hydrogen) atoms. The fourth-order valence-electron chi connectivity index (χ4n) is 2.39. The molecule has 2 N–H and O–H groups in total. The van der Waals surface area contributed by atoms with Crippen LogP contribution in [0.25, 0.3) is 0 Å². The van der Waals surface area contributed by atoms with Crippen LogP contribution in [-0.4, -0.2) is 18.1 Å². The van der Waals surface area contributed by atoms with Crippen LogP contribution in [0, 0.1) is 5.41 Å². The first kappa shape index (κ1) is 15.9. The van der Waals surface area contributed by atoms with E-state index in [1.165, 1.54) is 6.42 Å². The molecule has 3 nitrogen and oxygen atoms in total. The zero-order chi connectivity index (χ0) is 15.5. The molecule has 0 amide bonds. The molecule has 2 rings (SSSR count). The van der Waals surface area contributed by atoms with Crippen LogP contribution < -0.4 is 10.6 Å². The number of rotatable bonds is 6. The Bertz CT molecular complexity index is 482. The molecule has 0 atom stereocenters. The van der Waals surface area contributed by atoms with Crippen molar-refractivity contribution in [3.63, 3.8) is 0 Å². The van der Waals surface area contributed by atoms with Crippen LogP contribution >= 0.6 is 0 Å². The first-order valence-electron chi connectivity index (χ1n) is 7.39. The van der Waals surface area contributed by atoms with Gasteiger partial charge in [-0.05, 0) is 36.8 Å². The Morgan fingerprint density at radius 3 is 2.29 bits per heavy atom. The number of hydrogen-bond acceptors (Lipinski definition) is 3. The van der Waals surface area contributed by atoms with Crippen molar-refractivity contribution < 1.29 is 13.2 Å². The predicted octanol–water partition coefficient (Wildman–Crippen LogP) is 4.52. The molecule has 1 saturated carbocycles. The summed E-state index contributed by atoms with van der Waals surface area (Å²) in [6, 6.07) is 2.14. The number of anilines is 2. The average molecular weight is 301 g/mol. The lowest BCUT2D eigenvalue weighted by molar-refractivity contribution is -0.137. The van der Waals surface area contributed by atoms with Gasteiger partial charge >= 0.3 is 6.18 Å². The van der Waals surface area contributed by atoms with Crippen LogP contribution in [0.5, 0.6) is 0 Å². The van der Waals surface area contributed by atoms with Gasteiger partial charge in [-0.1, -0.05) is 20.3 Å². The normalized spacial score (nSPS) is 17.2. The summed E-state index contributed by atoms with van der Waals surface area (Å²) in [5, 5.41) is 5.99. The molecule has 1 aromatic rings. The van der Waals surface area contributed by atoms with Gasteiger partial charge in [-0.3, -0.25) is 0 Å². The third-order valence-electron chi connectivity index (χ3n) is 3.97. The molecule has 0 spiro atoms. The highest BCUT2D eigenvalue weighted by Gasteiger charge is 2.33. The second kappa shape index (κ2) is 6.12. The van der Waals surface area contributed by atoms with Crippen molar-refractivity contribution in [1.82, 2.24) is 4.98 Å². The van der Waals surface area contributed by atoms with Gasteiger partial charge in [-0.15, -0.1) is 0 Å². The van der Waals surface area contributed by atoms with E-state index in [2.05, 4.69) is 22.5 Å². The van der Waals surface area contributed by atoms with Gasteiger partial charge in [-0.25, -0.2) is 4.98 Å². The van der Waals surface area contributed by atoms with Crippen molar-refractivity contribution in [2.75, 3.05) is 23.7 Å². The lowest BCUT2D eigenvalue weighted by atomic mass is 9.70. The fourth-order valence-corrected chi connectivity index (χ4v) is 2.39. The Balaban J connectivity index is 2.14. The van der Waals surface area contributed by atoms with Crippen molar-refractivity contribution in [3.05, 3.63) is 17.7 Å². The molecule has 0 aromatic carbocycles. The van der Waals surface area contributed by atoms with E-state index >= 15 is 0 Å². The number of nitrogens with one attached hydrogen (secondary N) is 2. The molecule has 0 saturated heterocycles. The molecule has 0 bridgehead atoms. The van der Waals surface area contributed by atoms with E-state index in [1.807, 2.05) is 6.92 Å². The van der Waals surface area contributed by atoms with Crippen molar-refractivity contribution in [3.8, 4) is 0 Å². The summed E-state index contributed by atoms with van der Waals surface area (Å²) in [6.07, 6.45) is -0.113. The lowest BCUT2D eigenvalue weighted by Gasteiger charge is -2.38. The number of nitrogens with zero attached hydrogens (tertiary/aromatic N) is 1. The maximum absolute atomic E-state index is 12.9. The minimum atomic E-state index is -4.36. The summed E-state index contributed by atoms with van der Waals surface area (Å²) in [6.45, 7) is 5.37.